The second-order valence-electron chi connectivity index (χ2n) is 6.46. The van der Waals surface area contributed by atoms with E-state index in [4.69, 9.17) is 5.11 Å². The molecule has 3 N–H and O–H groups in total. The van der Waals surface area contributed by atoms with E-state index in [1.807, 2.05) is 36.4 Å². The standard InChI is InChI=1S/C21H26N2O4/c24-19(16-17-8-4-3-5-9-17)12-11-18-13-14-22-21(27)23(18)15-7-2-1-6-10-20(25)26/h3-5,8-9,11-12,18-19,24H,1,6,10,13-16H2,(H,22,27)(H,25,26)/b12-11+/t18-,19?/m0/s1. The Hall–Kier alpha value is -2.78. The molecule has 2 atom stereocenters. The predicted molar refractivity (Wildman–Crippen MR) is 103 cm³/mol. The van der Waals surface area contributed by atoms with Crippen molar-refractivity contribution in [1.29, 1.82) is 0 Å². The second-order valence-corrected chi connectivity index (χ2v) is 6.46. The van der Waals surface area contributed by atoms with Gasteiger partial charge in [0.05, 0.1) is 18.7 Å². The van der Waals surface area contributed by atoms with E-state index < -0.39 is 12.1 Å². The third-order valence-electron chi connectivity index (χ3n) is 4.29. The van der Waals surface area contributed by atoms with Crippen LogP contribution in [0.5, 0.6) is 0 Å². The van der Waals surface area contributed by atoms with Crippen molar-refractivity contribution in [1.82, 2.24) is 10.2 Å². The molecule has 0 spiro atoms. The summed E-state index contributed by atoms with van der Waals surface area (Å²) in [6, 6.07) is 9.47. The van der Waals surface area contributed by atoms with Crippen molar-refractivity contribution in [3.05, 3.63) is 48.0 Å². The van der Waals surface area contributed by atoms with Crippen LogP contribution >= 0.6 is 0 Å². The molecule has 6 heteroatoms. The average molecular weight is 370 g/mol. The summed E-state index contributed by atoms with van der Waals surface area (Å²) in [5.41, 5.74) is 1.06. The molecule has 1 aromatic rings. The van der Waals surface area contributed by atoms with Gasteiger partial charge in [-0.3, -0.25) is 4.79 Å². The zero-order valence-corrected chi connectivity index (χ0v) is 15.3. The molecular weight excluding hydrogens is 344 g/mol. The van der Waals surface area contributed by atoms with Crippen molar-refractivity contribution in [2.45, 2.75) is 44.2 Å². The van der Waals surface area contributed by atoms with Crippen LogP contribution in [0, 0.1) is 11.8 Å². The number of nitrogens with zero attached hydrogens (tertiary/aromatic N) is 1. The number of urea groups is 1. The van der Waals surface area contributed by atoms with Crippen molar-refractivity contribution in [2.24, 2.45) is 0 Å². The molecule has 1 aliphatic rings. The highest BCUT2D eigenvalue weighted by atomic mass is 16.4. The first-order chi connectivity index (χ1) is 13.1. The fraction of sp³-hybridized carbons (Fsp3) is 0.429. The number of aliphatic hydroxyl groups is 1. The summed E-state index contributed by atoms with van der Waals surface area (Å²) >= 11 is 0. The SMILES string of the molecule is O=C(O)CCCC#CCN1C(=O)NCC[C@@H]1/C=C/C(O)Cc1ccccc1. The smallest absolute Gasteiger partial charge is 0.318 e. The molecule has 2 rings (SSSR count). The molecule has 1 fully saturated rings. The van der Waals surface area contributed by atoms with E-state index in [0.717, 1.165) is 12.0 Å². The lowest BCUT2D eigenvalue weighted by Gasteiger charge is -2.33. The number of benzene rings is 1. The van der Waals surface area contributed by atoms with Gasteiger partial charge in [0, 0.05) is 25.8 Å². The summed E-state index contributed by atoms with van der Waals surface area (Å²) in [4.78, 5) is 24.2. The molecule has 0 radical (unpaired) electrons. The van der Waals surface area contributed by atoms with Gasteiger partial charge in [0.2, 0.25) is 0 Å². The maximum Gasteiger partial charge on any atom is 0.318 e. The van der Waals surface area contributed by atoms with Crippen LogP contribution in [-0.4, -0.2) is 52.3 Å². The van der Waals surface area contributed by atoms with Gasteiger partial charge in [0.25, 0.3) is 0 Å². The van der Waals surface area contributed by atoms with Crippen LogP contribution in [0.1, 0.15) is 31.2 Å². The minimum Gasteiger partial charge on any atom is -0.481 e. The summed E-state index contributed by atoms with van der Waals surface area (Å²) in [5.74, 6) is 5.03. The van der Waals surface area contributed by atoms with Crippen LogP contribution in [0.3, 0.4) is 0 Å². The van der Waals surface area contributed by atoms with Gasteiger partial charge in [0.1, 0.15) is 0 Å². The van der Waals surface area contributed by atoms with Gasteiger partial charge in [-0.2, -0.15) is 0 Å². The van der Waals surface area contributed by atoms with Crippen LogP contribution in [0.2, 0.25) is 0 Å². The first-order valence-corrected chi connectivity index (χ1v) is 9.18. The average Bonchev–Trinajstić information content (AvgIpc) is 2.65. The minimum atomic E-state index is -0.827. The number of aliphatic hydroxyl groups excluding tert-OH is 1. The van der Waals surface area contributed by atoms with E-state index in [-0.39, 0.29) is 25.0 Å². The normalized spacial score (nSPS) is 17.9. The highest BCUT2D eigenvalue weighted by Crippen LogP contribution is 2.12. The summed E-state index contributed by atoms with van der Waals surface area (Å²) in [6.07, 6.45) is 5.38. The lowest BCUT2D eigenvalue weighted by Crippen LogP contribution is -2.51. The van der Waals surface area contributed by atoms with Crippen molar-refractivity contribution in [3.63, 3.8) is 0 Å². The molecule has 0 aromatic heterocycles. The minimum absolute atomic E-state index is 0.101. The quantitative estimate of drug-likeness (QED) is 0.372. The van der Waals surface area contributed by atoms with E-state index >= 15 is 0 Å². The van der Waals surface area contributed by atoms with Crippen molar-refractivity contribution in [2.75, 3.05) is 13.1 Å². The van der Waals surface area contributed by atoms with Crippen LogP contribution in [-0.2, 0) is 11.2 Å². The third kappa shape index (κ3) is 7.55. The van der Waals surface area contributed by atoms with E-state index in [9.17, 15) is 14.7 Å². The Morgan fingerprint density at radius 1 is 1.33 bits per heavy atom. The number of carboxylic acid groups (broad SMARTS) is 1. The topological polar surface area (TPSA) is 89.9 Å². The van der Waals surface area contributed by atoms with Gasteiger partial charge in [-0.25, -0.2) is 4.79 Å². The number of carboxylic acids is 1. The van der Waals surface area contributed by atoms with Crippen molar-refractivity contribution in [3.8, 4) is 11.8 Å². The lowest BCUT2D eigenvalue weighted by molar-refractivity contribution is -0.137. The van der Waals surface area contributed by atoms with Crippen LogP contribution in [0.25, 0.3) is 0 Å². The van der Waals surface area contributed by atoms with Gasteiger partial charge in [-0.1, -0.05) is 48.4 Å². The Bertz CT molecular complexity index is 706. The van der Waals surface area contributed by atoms with Crippen molar-refractivity contribution < 1.29 is 19.8 Å². The Morgan fingerprint density at radius 2 is 2.11 bits per heavy atom. The zero-order chi connectivity index (χ0) is 19.5. The molecule has 6 nitrogen and oxygen atoms in total. The van der Waals surface area contributed by atoms with E-state index in [1.54, 1.807) is 11.0 Å². The maximum absolute atomic E-state index is 12.1. The molecule has 1 unspecified atom stereocenters. The monoisotopic (exact) mass is 370 g/mol. The van der Waals surface area contributed by atoms with Gasteiger partial charge >= 0.3 is 12.0 Å². The number of nitrogens with one attached hydrogen (secondary N) is 1. The summed E-state index contributed by atoms with van der Waals surface area (Å²) in [7, 11) is 0. The number of unbranched alkanes of at least 4 members (excludes halogenated alkanes) is 1. The Morgan fingerprint density at radius 3 is 2.85 bits per heavy atom. The van der Waals surface area contributed by atoms with Crippen LogP contribution in [0.4, 0.5) is 4.79 Å². The van der Waals surface area contributed by atoms with Crippen LogP contribution < -0.4 is 5.32 Å². The van der Waals surface area contributed by atoms with Gasteiger partial charge < -0.3 is 20.4 Å². The second kappa shape index (κ2) is 11.0. The molecule has 1 saturated heterocycles. The third-order valence-corrected chi connectivity index (χ3v) is 4.29. The highest BCUT2D eigenvalue weighted by Gasteiger charge is 2.25. The number of amides is 2. The maximum atomic E-state index is 12.1. The highest BCUT2D eigenvalue weighted by molar-refractivity contribution is 5.76. The molecule has 144 valence electrons. The molecule has 0 aliphatic carbocycles. The molecule has 2 amide bonds. The molecular formula is C21H26N2O4. The van der Waals surface area contributed by atoms with Crippen LogP contribution in [0.15, 0.2) is 42.5 Å². The molecule has 1 aromatic carbocycles. The number of aliphatic carboxylic acids is 1. The van der Waals surface area contributed by atoms with Gasteiger partial charge in [-0.15, -0.1) is 5.92 Å². The largest absolute Gasteiger partial charge is 0.481 e. The first kappa shape index (κ1) is 20.5. The van der Waals surface area contributed by atoms with E-state index in [0.29, 0.717) is 25.8 Å². The summed E-state index contributed by atoms with van der Waals surface area (Å²) in [6.45, 7) is 0.869. The zero-order valence-electron chi connectivity index (χ0n) is 15.3. The van der Waals surface area contributed by atoms with Gasteiger partial charge in [0.15, 0.2) is 0 Å². The molecule has 0 saturated carbocycles. The Kier molecular flexibility index (Phi) is 8.40. The number of hydrogen-bond acceptors (Lipinski definition) is 3. The molecule has 27 heavy (non-hydrogen) atoms. The fourth-order valence-electron chi connectivity index (χ4n) is 2.86. The Labute approximate surface area is 159 Å². The Balaban J connectivity index is 1.87. The number of rotatable bonds is 8. The first-order valence-electron chi connectivity index (χ1n) is 9.18. The predicted octanol–water partition coefficient (Wildman–Crippen LogP) is 2.19. The summed E-state index contributed by atoms with van der Waals surface area (Å²) in [5, 5.41) is 21.6. The number of carbonyl (C=O) groups is 2. The fourth-order valence-corrected chi connectivity index (χ4v) is 2.86. The van der Waals surface area contributed by atoms with E-state index in [1.165, 1.54) is 0 Å². The van der Waals surface area contributed by atoms with Gasteiger partial charge in [-0.05, 0) is 18.4 Å². The number of hydrogen-bond donors (Lipinski definition) is 3. The lowest BCUT2D eigenvalue weighted by atomic mass is 10.0. The number of carbonyl (C=O) groups excluding carboxylic acids is 1. The molecule has 1 heterocycles. The summed E-state index contributed by atoms with van der Waals surface area (Å²) < 4.78 is 0. The molecule has 0 bridgehead atoms. The molecule has 1 aliphatic heterocycles. The van der Waals surface area contributed by atoms with E-state index in [2.05, 4.69) is 17.2 Å². The van der Waals surface area contributed by atoms with Crippen molar-refractivity contribution >= 4 is 12.0 Å².